The smallest absolute Gasteiger partial charge is 0.309 e. The summed E-state index contributed by atoms with van der Waals surface area (Å²) in [6, 6.07) is 4.02. The topological polar surface area (TPSA) is 55.2 Å². The molecule has 0 radical (unpaired) electrons. The number of thiophene rings is 1. The third-order valence-corrected chi connectivity index (χ3v) is 5.06. The summed E-state index contributed by atoms with van der Waals surface area (Å²) in [5.41, 5.74) is 0. The first kappa shape index (κ1) is 14.5. The predicted octanol–water partition coefficient (Wildman–Crippen LogP) is 4.10. The molecule has 106 valence electrons. The third kappa shape index (κ3) is 4.01. The highest BCUT2D eigenvalue weighted by atomic mass is 32.1. The average molecular weight is 282 g/mol. The minimum Gasteiger partial charge on any atom is -0.309 e. The molecule has 2 rings (SSSR count). The molecule has 19 heavy (non-hydrogen) atoms. The van der Waals surface area contributed by atoms with Gasteiger partial charge in [0.1, 0.15) is 0 Å². The monoisotopic (exact) mass is 282 g/mol. The zero-order chi connectivity index (χ0) is 13.7. The Morgan fingerprint density at radius 3 is 2.74 bits per heavy atom. The summed E-state index contributed by atoms with van der Waals surface area (Å²) >= 11 is 1.28. The Balaban J connectivity index is 1.86. The van der Waals surface area contributed by atoms with Crippen LogP contribution in [0.5, 0.6) is 0 Å². The van der Waals surface area contributed by atoms with E-state index in [1.165, 1.54) is 43.4 Å². The van der Waals surface area contributed by atoms with Crippen molar-refractivity contribution in [1.29, 1.82) is 0 Å². The Hall–Kier alpha value is -0.940. The van der Waals surface area contributed by atoms with Crippen LogP contribution in [0.15, 0.2) is 12.1 Å². The fourth-order valence-corrected chi connectivity index (χ4v) is 3.74. The number of rotatable bonds is 6. The maximum atomic E-state index is 10.7. The zero-order valence-electron chi connectivity index (χ0n) is 11.4. The minimum atomic E-state index is -0.313. The number of nitro groups is 1. The van der Waals surface area contributed by atoms with E-state index >= 15 is 0 Å². The fraction of sp³-hybridized carbons (Fsp3) is 0.714. The summed E-state index contributed by atoms with van der Waals surface area (Å²) in [5.74, 6) is 0.786. The summed E-state index contributed by atoms with van der Waals surface area (Å²) in [5, 5.41) is 14.5. The molecule has 1 saturated carbocycles. The van der Waals surface area contributed by atoms with Crippen LogP contribution in [-0.4, -0.2) is 11.0 Å². The van der Waals surface area contributed by atoms with Crippen molar-refractivity contribution in [2.24, 2.45) is 5.92 Å². The van der Waals surface area contributed by atoms with E-state index in [0.29, 0.717) is 6.04 Å². The molecule has 1 aliphatic carbocycles. The SMILES string of the molecule is CCC(NCc1ccc([N+](=O)[O-])s1)C1CCCCC1. The Labute approximate surface area is 118 Å². The van der Waals surface area contributed by atoms with Crippen LogP contribution in [0, 0.1) is 16.0 Å². The highest BCUT2D eigenvalue weighted by Gasteiger charge is 2.22. The van der Waals surface area contributed by atoms with Crippen molar-refractivity contribution < 1.29 is 4.92 Å². The molecule has 1 aromatic heterocycles. The largest absolute Gasteiger partial charge is 0.324 e. The Kier molecular flexibility index (Phi) is 5.34. The van der Waals surface area contributed by atoms with E-state index in [1.54, 1.807) is 6.07 Å². The number of hydrogen-bond acceptors (Lipinski definition) is 4. The molecule has 0 amide bonds. The Morgan fingerprint density at radius 1 is 1.42 bits per heavy atom. The van der Waals surface area contributed by atoms with Crippen molar-refractivity contribution in [2.45, 2.75) is 58.0 Å². The predicted molar refractivity (Wildman–Crippen MR) is 78.5 cm³/mol. The molecule has 1 heterocycles. The molecule has 1 N–H and O–H groups in total. The van der Waals surface area contributed by atoms with Gasteiger partial charge in [0, 0.05) is 23.5 Å². The van der Waals surface area contributed by atoms with Crippen LogP contribution in [-0.2, 0) is 6.54 Å². The van der Waals surface area contributed by atoms with E-state index in [0.717, 1.165) is 23.8 Å². The maximum absolute atomic E-state index is 10.7. The lowest BCUT2D eigenvalue weighted by molar-refractivity contribution is -0.380. The first-order valence-electron chi connectivity index (χ1n) is 7.17. The second-order valence-corrected chi connectivity index (χ2v) is 6.44. The van der Waals surface area contributed by atoms with Gasteiger partial charge >= 0.3 is 5.00 Å². The van der Waals surface area contributed by atoms with Crippen LogP contribution in [0.2, 0.25) is 0 Å². The van der Waals surface area contributed by atoms with Crippen LogP contribution in [0.3, 0.4) is 0 Å². The Morgan fingerprint density at radius 2 is 2.16 bits per heavy atom. The van der Waals surface area contributed by atoms with Crippen LogP contribution in [0.1, 0.15) is 50.3 Å². The van der Waals surface area contributed by atoms with Gasteiger partial charge in [0.15, 0.2) is 0 Å². The minimum absolute atomic E-state index is 0.238. The lowest BCUT2D eigenvalue weighted by Crippen LogP contribution is -2.36. The van der Waals surface area contributed by atoms with Gasteiger partial charge in [0.05, 0.1) is 4.92 Å². The third-order valence-electron chi connectivity index (χ3n) is 4.02. The van der Waals surface area contributed by atoms with Gasteiger partial charge in [0.2, 0.25) is 0 Å². The molecule has 0 aliphatic heterocycles. The van der Waals surface area contributed by atoms with E-state index in [9.17, 15) is 10.1 Å². The summed E-state index contributed by atoms with van der Waals surface area (Å²) in [6.07, 6.45) is 7.88. The van der Waals surface area contributed by atoms with E-state index in [-0.39, 0.29) is 9.92 Å². The summed E-state index contributed by atoms with van der Waals surface area (Å²) in [6.45, 7) is 2.98. The quantitative estimate of drug-likeness (QED) is 0.631. The van der Waals surface area contributed by atoms with Crippen LogP contribution in [0.25, 0.3) is 0 Å². The van der Waals surface area contributed by atoms with Gasteiger partial charge in [0.25, 0.3) is 0 Å². The van der Waals surface area contributed by atoms with Crippen molar-refractivity contribution in [1.82, 2.24) is 5.32 Å². The lowest BCUT2D eigenvalue weighted by Gasteiger charge is -2.30. The Bertz CT molecular complexity index is 413. The van der Waals surface area contributed by atoms with Gasteiger partial charge in [-0.1, -0.05) is 37.5 Å². The van der Waals surface area contributed by atoms with Gasteiger partial charge in [-0.2, -0.15) is 0 Å². The van der Waals surface area contributed by atoms with Crippen molar-refractivity contribution in [3.8, 4) is 0 Å². The van der Waals surface area contributed by atoms with E-state index in [4.69, 9.17) is 0 Å². The molecule has 5 heteroatoms. The molecule has 0 saturated heterocycles. The van der Waals surface area contributed by atoms with E-state index in [2.05, 4.69) is 12.2 Å². The summed E-state index contributed by atoms with van der Waals surface area (Å²) in [4.78, 5) is 11.4. The van der Waals surface area contributed by atoms with Crippen molar-refractivity contribution in [3.05, 3.63) is 27.1 Å². The van der Waals surface area contributed by atoms with Gasteiger partial charge in [-0.3, -0.25) is 10.1 Å². The highest BCUT2D eigenvalue weighted by Crippen LogP contribution is 2.29. The number of hydrogen-bond donors (Lipinski definition) is 1. The normalized spacial score (nSPS) is 18.4. The van der Waals surface area contributed by atoms with Gasteiger partial charge in [-0.05, 0) is 31.2 Å². The number of nitrogens with zero attached hydrogens (tertiary/aromatic N) is 1. The lowest BCUT2D eigenvalue weighted by atomic mass is 9.83. The van der Waals surface area contributed by atoms with Gasteiger partial charge < -0.3 is 5.32 Å². The molecule has 1 unspecified atom stereocenters. The molecule has 1 atom stereocenters. The zero-order valence-corrected chi connectivity index (χ0v) is 12.2. The molecule has 0 bridgehead atoms. The molecule has 0 spiro atoms. The highest BCUT2D eigenvalue weighted by molar-refractivity contribution is 7.15. The molecular weight excluding hydrogens is 260 g/mol. The van der Waals surface area contributed by atoms with Crippen LogP contribution < -0.4 is 5.32 Å². The van der Waals surface area contributed by atoms with Crippen LogP contribution >= 0.6 is 11.3 Å². The molecule has 1 aliphatic rings. The van der Waals surface area contributed by atoms with Crippen molar-refractivity contribution in [2.75, 3.05) is 0 Å². The van der Waals surface area contributed by atoms with Crippen molar-refractivity contribution in [3.63, 3.8) is 0 Å². The standard InChI is InChI=1S/C14H22N2O2S/c1-2-13(11-6-4-3-5-7-11)15-10-12-8-9-14(19-12)16(17)18/h8-9,11,13,15H,2-7,10H2,1H3. The second kappa shape index (κ2) is 7.01. The molecule has 1 aromatic rings. The maximum Gasteiger partial charge on any atom is 0.324 e. The number of nitrogens with one attached hydrogen (secondary N) is 1. The summed E-state index contributed by atoms with van der Waals surface area (Å²) in [7, 11) is 0. The molecule has 1 fully saturated rings. The van der Waals surface area contributed by atoms with Crippen LogP contribution in [0.4, 0.5) is 5.00 Å². The average Bonchev–Trinajstić information content (AvgIpc) is 2.90. The molecule has 0 aromatic carbocycles. The van der Waals surface area contributed by atoms with Crippen molar-refractivity contribution >= 4 is 16.3 Å². The second-order valence-electron chi connectivity index (χ2n) is 5.29. The molecular formula is C14H22N2O2S. The first-order valence-corrected chi connectivity index (χ1v) is 7.99. The fourth-order valence-electron chi connectivity index (χ4n) is 2.97. The van der Waals surface area contributed by atoms with Gasteiger partial charge in [-0.15, -0.1) is 0 Å². The van der Waals surface area contributed by atoms with E-state index < -0.39 is 0 Å². The van der Waals surface area contributed by atoms with E-state index in [1.807, 2.05) is 6.07 Å². The summed E-state index contributed by atoms with van der Waals surface area (Å²) < 4.78 is 0. The van der Waals surface area contributed by atoms with Gasteiger partial charge in [-0.25, -0.2) is 0 Å². The first-order chi connectivity index (χ1) is 9.20. The molecule has 4 nitrogen and oxygen atoms in total.